The molecule has 1 aliphatic rings. The van der Waals surface area contributed by atoms with Crippen molar-refractivity contribution < 1.29 is 9.84 Å². The number of aromatic nitrogens is 1. The number of methoxy groups -OCH3 is 1. The molecular weight excluding hydrogens is 278 g/mol. The Morgan fingerprint density at radius 1 is 1.67 bits per heavy atom. The maximum atomic E-state index is 10.6. The number of aliphatic hydroxyl groups is 1. The van der Waals surface area contributed by atoms with Crippen molar-refractivity contribution in [2.75, 3.05) is 7.11 Å². The van der Waals surface area contributed by atoms with Gasteiger partial charge in [0.1, 0.15) is 15.2 Å². The zero-order chi connectivity index (χ0) is 10.9. The molecular formula is C10H14BrNO2S. The number of halogens is 1. The van der Waals surface area contributed by atoms with Crippen LogP contribution in [-0.4, -0.2) is 23.3 Å². The molecule has 0 saturated heterocycles. The lowest BCUT2D eigenvalue weighted by Gasteiger charge is -2.37. The van der Waals surface area contributed by atoms with Crippen LogP contribution in [0.4, 0.5) is 0 Å². The Labute approximate surface area is 102 Å². The minimum Gasteiger partial charge on any atom is -0.380 e. The van der Waals surface area contributed by atoms with E-state index in [9.17, 15) is 5.11 Å². The van der Waals surface area contributed by atoms with Crippen LogP contribution in [0.15, 0.2) is 9.98 Å². The molecule has 15 heavy (non-hydrogen) atoms. The van der Waals surface area contributed by atoms with Crippen molar-refractivity contribution in [1.29, 1.82) is 0 Å². The first-order valence-corrected chi connectivity index (χ1v) is 6.71. The van der Waals surface area contributed by atoms with Gasteiger partial charge < -0.3 is 9.84 Å². The molecule has 0 radical (unpaired) electrons. The normalized spacial score (nSPS) is 31.8. The van der Waals surface area contributed by atoms with Crippen LogP contribution in [0.2, 0.25) is 0 Å². The van der Waals surface area contributed by atoms with E-state index in [1.54, 1.807) is 7.11 Å². The minimum atomic E-state index is -0.885. The molecule has 0 bridgehead atoms. The molecule has 1 aliphatic carbocycles. The van der Waals surface area contributed by atoms with Crippen molar-refractivity contribution in [3.05, 3.63) is 15.0 Å². The van der Waals surface area contributed by atoms with Crippen LogP contribution < -0.4 is 0 Å². The van der Waals surface area contributed by atoms with Gasteiger partial charge in [-0.1, -0.05) is 6.42 Å². The quantitative estimate of drug-likeness (QED) is 0.911. The third-order valence-electron chi connectivity index (χ3n) is 2.94. The molecule has 0 aromatic carbocycles. The van der Waals surface area contributed by atoms with E-state index >= 15 is 0 Å². The largest absolute Gasteiger partial charge is 0.380 e. The number of hydrogen-bond acceptors (Lipinski definition) is 4. The van der Waals surface area contributed by atoms with Crippen LogP contribution in [0.1, 0.15) is 30.7 Å². The van der Waals surface area contributed by atoms with E-state index < -0.39 is 5.60 Å². The molecule has 2 unspecified atom stereocenters. The number of ether oxygens (including phenoxy) is 1. The summed E-state index contributed by atoms with van der Waals surface area (Å²) in [6, 6.07) is 0. The van der Waals surface area contributed by atoms with Crippen molar-refractivity contribution >= 4 is 27.3 Å². The molecule has 1 N–H and O–H groups in total. The molecule has 1 fully saturated rings. The standard InChI is InChI=1S/C10H14BrNO2S/c1-14-7-4-2-3-5-10(7,13)9-12-8(11)6-15-9/h6-7,13H,2-5H2,1H3. The second-order valence-corrected chi connectivity index (χ2v) is 5.54. The van der Waals surface area contributed by atoms with Crippen LogP contribution in [-0.2, 0) is 10.3 Å². The van der Waals surface area contributed by atoms with Gasteiger partial charge in [0.15, 0.2) is 0 Å². The van der Waals surface area contributed by atoms with Gasteiger partial charge in [0, 0.05) is 12.5 Å². The molecule has 1 saturated carbocycles. The molecule has 5 heteroatoms. The monoisotopic (exact) mass is 291 g/mol. The Kier molecular flexibility index (Phi) is 3.45. The van der Waals surface area contributed by atoms with Gasteiger partial charge in [-0.3, -0.25) is 0 Å². The average Bonchev–Trinajstić information content (AvgIpc) is 2.66. The maximum absolute atomic E-state index is 10.6. The van der Waals surface area contributed by atoms with Gasteiger partial charge in [0.2, 0.25) is 0 Å². The summed E-state index contributed by atoms with van der Waals surface area (Å²) in [5.41, 5.74) is -0.885. The van der Waals surface area contributed by atoms with Crippen LogP contribution in [0.3, 0.4) is 0 Å². The van der Waals surface area contributed by atoms with Gasteiger partial charge in [-0.05, 0) is 35.2 Å². The molecule has 2 rings (SSSR count). The zero-order valence-corrected chi connectivity index (χ0v) is 11.0. The van der Waals surface area contributed by atoms with E-state index in [4.69, 9.17) is 4.74 Å². The van der Waals surface area contributed by atoms with Crippen LogP contribution in [0.5, 0.6) is 0 Å². The van der Waals surface area contributed by atoms with E-state index in [1.807, 2.05) is 5.38 Å². The topological polar surface area (TPSA) is 42.4 Å². The van der Waals surface area contributed by atoms with E-state index in [1.165, 1.54) is 11.3 Å². The van der Waals surface area contributed by atoms with Crippen LogP contribution >= 0.6 is 27.3 Å². The van der Waals surface area contributed by atoms with Crippen LogP contribution in [0.25, 0.3) is 0 Å². The van der Waals surface area contributed by atoms with E-state index in [0.29, 0.717) is 0 Å². The summed E-state index contributed by atoms with van der Waals surface area (Å²) in [7, 11) is 1.66. The van der Waals surface area contributed by atoms with Gasteiger partial charge in [-0.2, -0.15) is 0 Å². The third-order valence-corrected chi connectivity index (χ3v) is 4.66. The van der Waals surface area contributed by atoms with Gasteiger partial charge >= 0.3 is 0 Å². The van der Waals surface area contributed by atoms with Gasteiger partial charge in [-0.25, -0.2) is 4.98 Å². The van der Waals surface area contributed by atoms with Crippen molar-refractivity contribution in [1.82, 2.24) is 4.98 Å². The Hall–Kier alpha value is 0.0300. The number of rotatable bonds is 2. The Bertz CT molecular complexity index is 344. The summed E-state index contributed by atoms with van der Waals surface area (Å²) >= 11 is 4.80. The smallest absolute Gasteiger partial charge is 0.142 e. The highest BCUT2D eigenvalue weighted by Crippen LogP contribution is 2.40. The Morgan fingerprint density at radius 2 is 2.47 bits per heavy atom. The van der Waals surface area contributed by atoms with E-state index in [2.05, 4.69) is 20.9 Å². The fraction of sp³-hybridized carbons (Fsp3) is 0.700. The number of hydrogen-bond donors (Lipinski definition) is 1. The second-order valence-electron chi connectivity index (χ2n) is 3.87. The summed E-state index contributed by atoms with van der Waals surface area (Å²) in [5.74, 6) is 0. The Morgan fingerprint density at radius 3 is 3.07 bits per heavy atom. The molecule has 2 atom stereocenters. The lowest BCUT2D eigenvalue weighted by molar-refractivity contribution is -0.122. The average molecular weight is 292 g/mol. The molecule has 84 valence electrons. The highest BCUT2D eigenvalue weighted by Gasteiger charge is 2.43. The van der Waals surface area contributed by atoms with Crippen molar-refractivity contribution in [3.63, 3.8) is 0 Å². The third kappa shape index (κ3) is 2.11. The fourth-order valence-electron chi connectivity index (χ4n) is 2.13. The molecule has 0 aliphatic heterocycles. The first kappa shape index (κ1) is 11.5. The SMILES string of the molecule is COC1CCCCC1(O)c1nc(Br)cs1. The van der Waals surface area contributed by atoms with Gasteiger partial charge in [-0.15, -0.1) is 11.3 Å². The first-order valence-electron chi connectivity index (χ1n) is 5.03. The summed E-state index contributed by atoms with van der Waals surface area (Å²) in [5, 5.41) is 13.3. The van der Waals surface area contributed by atoms with Gasteiger partial charge in [0.05, 0.1) is 6.10 Å². The number of thiazole rings is 1. The lowest BCUT2D eigenvalue weighted by Crippen LogP contribution is -2.43. The van der Waals surface area contributed by atoms with Crippen molar-refractivity contribution in [2.45, 2.75) is 37.4 Å². The summed E-state index contributed by atoms with van der Waals surface area (Å²) in [6.45, 7) is 0. The van der Waals surface area contributed by atoms with Crippen LogP contribution in [0, 0.1) is 0 Å². The predicted octanol–water partition coefficient (Wildman–Crippen LogP) is 2.68. The lowest BCUT2D eigenvalue weighted by atomic mass is 9.82. The molecule has 1 aromatic heterocycles. The zero-order valence-electron chi connectivity index (χ0n) is 8.57. The highest BCUT2D eigenvalue weighted by atomic mass is 79.9. The molecule has 0 amide bonds. The predicted molar refractivity (Wildman–Crippen MR) is 63.0 cm³/mol. The molecule has 1 aromatic rings. The summed E-state index contributed by atoms with van der Waals surface area (Å²) < 4.78 is 6.16. The summed E-state index contributed by atoms with van der Waals surface area (Å²) in [4.78, 5) is 4.31. The first-order chi connectivity index (χ1) is 7.16. The molecule has 1 heterocycles. The molecule has 3 nitrogen and oxygen atoms in total. The highest BCUT2D eigenvalue weighted by molar-refractivity contribution is 9.10. The van der Waals surface area contributed by atoms with Crippen molar-refractivity contribution in [2.24, 2.45) is 0 Å². The molecule has 0 spiro atoms. The van der Waals surface area contributed by atoms with E-state index in [0.717, 1.165) is 35.3 Å². The minimum absolute atomic E-state index is 0.121. The fourth-order valence-corrected chi connectivity index (χ4v) is 3.56. The van der Waals surface area contributed by atoms with Crippen molar-refractivity contribution in [3.8, 4) is 0 Å². The maximum Gasteiger partial charge on any atom is 0.142 e. The second kappa shape index (κ2) is 4.49. The summed E-state index contributed by atoms with van der Waals surface area (Å²) in [6.07, 6.45) is 3.68. The Balaban J connectivity index is 2.29. The van der Waals surface area contributed by atoms with Gasteiger partial charge in [0.25, 0.3) is 0 Å². The van der Waals surface area contributed by atoms with E-state index in [-0.39, 0.29) is 6.10 Å². The number of nitrogens with zero attached hydrogens (tertiary/aromatic N) is 1.